The molecule has 7 nitrogen and oxygen atoms in total. The Hall–Kier alpha value is -2.12. The first-order valence-corrected chi connectivity index (χ1v) is 4.91. The first-order chi connectivity index (χ1) is 8.12. The highest BCUT2D eigenvalue weighted by Crippen LogP contribution is 2.30. The van der Waals surface area contributed by atoms with Gasteiger partial charge >= 0.3 is 12.0 Å². The molecule has 2 N–H and O–H groups in total. The molecular weight excluding hydrogens is 226 g/mol. The molecule has 1 aliphatic rings. The van der Waals surface area contributed by atoms with E-state index in [0.717, 1.165) is 0 Å². The zero-order valence-corrected chi connectivity index (χ0v) is 8.78. The first kappa shape index (κ1) is 11.4. The van der Waals surface area contributed by atoms with E-state index in [2.05, 4.69) is 10.3 Å². The molecule has 0 fully saturated rings. The minimum absolute atomic E-state index is 0.193. The van der Waals surface area contributed by atoms with Gasteiger partial charge in [0.15, 0.2) is 0 Å². The zero-order valence-electron chi connectivity index (χ0n) is 8.78. The number of aliphatic hydroxyl groups excluding tert-OH is 1. The van der Waals surface area contributed by atoms with Gasteiger partial charge in [-0.15, -0.1) is 0 Å². The highest BCUT2D eigenvalue weighted by atomic mass is 16.4. The predicted octanol–water partition coefficient (Wildman–Crippen LogP) is 1.33. The maximum atomic E-state index is 12.1. The van der Waals surface area contributed by atoms with E-state index in [1.807, 2.05) is 0 Å². The van der Waals surface area contributed by atoms with Crippen molar-refractivity contribution in [2.45, 2.75) is 0 Å². The van der Waals surface area contributed by atoms with E-state index in [9.17, 15) is 9.59 Å². The lowest BCUT2D eigenvalue weighted by molar-refractivity contribution is -0.789. The van der Waals surface area contributed by atoms with Crippen molar-refractivity contribution in [1.82, 2.24) is 0 Å². The highest BCUT2D eigenvalue weighted by molar-refractivity contribution is 5.98. The third-order valence-corrected chi connectivity index (χ3v) is 2.52. The van der Waals surface area contributed by atoms with E-state index in [0.29, 0.717) is 5.69 Å². The van der Waals surface area contributed by atoms with Crippen LogP contribution in [0.15, 0.2) is 34.6 Å². The second kappa shape index (κ2) is 4.04. The van der Waals surface area contributed by atoms with Crippen LogP contribution in [0.4, 0.5) is 10.5 Å². The van der Waals surface area contributed by atoms with Crippen molar-refractivity contribution in [3.8, 4) is 0 Å². The average Bonchev–Trinajstić information content (AvgIpc) is 2.33. The van der Waals surface area contributed by atoms with Crippen LogP contribution in [-0.4, -0.2) is 40.0 Å². The molecule has 0 aromatic heterocycles. The number of benzene rings is 1. The van der Waals surface area contributed by atoms with Gasteiger partial charge in [-0.2, -0.15) is 4.79 Å². The number of carbonyl (C=O) groups is 2. The monoisotopic (exact) mass is 236 g/mol. The molecule has 1 unspecified atom stereocenters. The molecule has 0 saturated heterocycles. The van der Waals surface area contributed by atoms with E-state index < -0.39 is 23.2 Å². The lowest BCUT2D eigenvalue weighted by Crippen LogP contribution is -2.54. The second-order valence-electron chi connectivity index (χ2n) is 3.51. The molecular formula is C10H10N3O4+. The quantitative estimate of drug-likeness (QED) is 0.756. The fourth-order valence-corrected chi connectivity index (χ4v) is 1.62. The lowest BCUT2D eigenvalue weighted by atomic mass is 10.1. The number of hydrogen-bond acceptors (Lipinski definition) is 5. The summed E-state index contributed by atoms with van der Waals surface area (Å²) in [7, 11) is 0. The summed E-state index contributed by atoms with van der Waals surface area (Å²) in [6, 6.07) is 6.36. The minimum atomic E-state index is -1.46. The van der Waals surface area contributed by atoms with Crippen LogP contribution in [0, 0.1) is 0 Å². The van der Waals surface area contributed by atoms with E-state index in [4.69, 9.17) is 10.2 Å². The Kier molecular flexibility index (Phi) is 2.70. The summed E-state index contributed by atoms with van der Waals surface area (Å²) in [5, 5.41) is 25.2. The molecule has 1 heterocycles. The van der Waals surface area contributed by atoms with Crippen LogP contribution in [0.1, 0.15) is 10.4 Å². The third-order valence-electron chi connectivity index (χ3n) is 2.52. The summed E-state index contributed by atoms with van der Waals surface area (Å²) in [6.45, 7) is -0.814. The first-order valence-electron chi connectivity index (χ1n) is 4.91. The van der Waals surface area contributed by atoms with Crippen LogP contribution in [0.25, 0.3) is 0 Å². The Balaban J connectivity index is 2.55. The molecule has 0 radical (unpaired) electrons. The summed E-state index contributed by atoms with van der Waals surface area (Å²) in [4.78, 5) is 23.3. The zero-order chi connectivity index (χ0) is 12.5. The molecule has 2 rings (SSSR count). The fourth-order valence-electron chi connectivity index (χ4n) is 1.62. The van der Waals surface area contributed by atoms with Gasteiger partial charge in [0, 0.05) is 5.22 Å². The van der Waals surface area contributed by atoms with Crippen LogP contribution in [-0.2, 0) is 0 Å². The summed E-state index contributed by atoms with van der Waals surface area (Å²) in [5.74, 6) is -0.697. The number of imide groups is 1. The van der Waals surface area contributed by atoms with Gasteiger partial charge in [0.25, 0.3) is 0 Å². The smallest absolute Gasteiger partial charge is 0.433 e. The van der Waals surface area contributed by atoms with Gasteiger partial charge in [-0.05, 0) is 16.7 Å². The van der Waals surface area contributed by atoms with Crippen molar-refractivity contribution in [1.29, 1.82) is 0 Å². The maximum absolute atomic E-state index is 12.1. The van der Waals surface area contributed by atoms with Gasteiger partial charge in [0.05, 0.1) is 6.61 Å². The van der Waals surface area contributed by atoms with Gasteiger partial charge in [-0.25, -0.2) is 4.79 Å². The van der Waals surface area contributed by atoms with Crippen LogP contribution in [0.3, 0.4) is 0 Å². The summed E-state index contributed by atoms with van der Waals surface area (Å²) < 4.78 is -1.24. The summed E-state index contributed by atoms with van der Waals surface area (Å²) >= 11 is 0. The maximum Gasteiger partial charge on any atom is 0.550 e. The summed E-state index contributed by atoms with van der Waals surface area (Å²) in [5.41, 5.74) is 0.531. The van der Waals surface area contributed by atoms with E-state index in [-0.39, 0.29) is 12.1 Å². The van der Waals surface area contributed by atoms with Gasteiger partial charge in [0.2, 0.25) is 0 Å². The predicted molar refractivity (Wildman–Crippen MR) is 55.5 cm³/mol. The Morgan fingerprint density at radius 2 is 2.06 bits per heavy atom. The summed E-state index contributed by atoms with van der Waals surface area (Å²) in [6.07, 6.45) is -1.46. The number of carboxylic acid groups (broad SMARTS) is 1. The molecule has 7 heteroatoms. The van der Waals surface area contributed by atoms with Crippen LogP contribution >= 0.6 is 0 Å². The van der Waals surface area contributed by atoms with Crippen LogP contribution < -0.4 is 0 Å². The Bertz CT molecular complexity index is 514. The highest BCUT2D eigenvalue weighted by Gasteiger charge is 2.50. The Morgan fingerprint density at radius 3 is 2.71 bits per heavy atom. The van der Waals surface area contributed by atoms with E-state index in [1.165, 1.54) is 6.07 Å². The molecule has 1 aliphatic heterocycles. The lowest BCUT2D eigenvalue weighted by Gasteiger charge is -2.23. The van der Waals surface area contributed by atoms with Crippen LogP contribution in [0.5, 0.6) is 0 Å². The third kappa shape index (κ3) is 1.61. The average molecular weight is 236 g/mol. The largest absolute Gasteiger partial charge is 0.550 e. The molecule has 0 bridgehead atoms. The number of amides is 2. The molecule has 0 aliphatic carbocycles. The van der Waals surface area contributed by atoms with Crippen molar-refractivity contribution in [2.24, 2.45) is 10.3 Å². The fraction of sp³-hybridized carbons (Fsp3) is 0.200. The minimum Gasteiger partial charge on any atom is -0.433 e. The van der Waals surface area contributed by atoms with Crippen molar-refractivity contribution >= 4 is 17.7 Å². The molecule has 17 heavy (non-hydrogen) atoms. The number of nitrogens with zero attached hydrogens (tertiary/aromatic N) is 3. The number of hydrogen-bond donors (Lipinski definition) is 2. The van der Waals surface area contributed by atoms with Gasteiger partial charge < -0.3 is 10.2 Å². The number of rotatable bonds is 2. The van der Waals surface area contributed by atoms with E-state index >= 15 is 0 Å². The molecule has 1 aromatic carbocycles. The van der Waals surface area contributed by atoms with Crippen molar-refractivity contribution < 1.29 is 24.4 Å². The normalized spacial score (nSPS) is 22.3. The van der Waals surface area contributed by atoms with Crippen molar-refractivity contribution in [3.63, 3.8) is 0 Å². The Morgan fingerprint density at radius 1 is 1.35 bits per heavy atom. The molecule has 0 spiro atoms. The van der Waals surface area contributed by atoms with E-state index in [1.54, 1.807) is 18.2 Å². The van der Waals surface area contributed by atoms with Gasteiger partial charge in [-0.3, -0.25) is 0 Å². The number of quaternary nitrogens is 1. The topological polar surface area (TPSA) is 99.3 Å². The second-order valence-corrected chi connectivity index (χ2v) is 3.51. The molecule has 0 saturated carbocycles. The molecule has 1 atom stereocenters. The Labute approximate surface area is 96.2 Å². The van der Waals surface area contributed by atoms with Gasteiger partial charge in [-0.1, -0.05) is 17.2 Å². The number of fused-ring (bicyclic) bond motifs is 1. The molecule has 2 amide bonds. The number of aliphatic hydroxyl groups is 1. The molecule has 1 aromatic rings. The van der Waals surface area contributed by atoms with Crippen molar-refractivity contribution in [2.75, 3.05) is 13.2 Å². The van der Waals surface area contributed by atoms with Crippen LogP contribution in [0.2, 0.25) is 0 Å². The SMILES string of the molecule is O=C(O)[N+]1(CCO)N=Nc2ccccc2C1=O. The molecule has 88 valence electrons. The number of carbonyl (C=O) groups excluding carboxylic acids is 1. The standard InChI is InChI=1S/C10H9N3O4/c14-6-5-13(10(16)17)9(15)7-3-1-2-4-8(7)11-12-13/h1-4,14H,5-6H2/p+1. The van der Waals surface area contributed by atoms with Crippen molar-refractivity contribution in [3.05, 3.63) is 29.8 Å². The van der Waals surface area contributed by atoms with Gasteiger partial charge in [0.1, 0.15) is 17.8 Å².